The van der Waals surface area contributed by atoms with Crippen molar-refractivity contribution in [2.45, 2.75) is 6.42 Å². The zero-order valence-corrected chi connectivity index (χ0v) is 12.9. The van der Waals surface area contributed by atoms with Crippen LogP contribution in [0.3, 0.4) is 0 Å². The van der Waals surface area contributed by atoms with Crippen molar-refractivity contribution < 1.29 is 14.5 Å². The monoisotopic (exact) mass is 409 g/mol. The highest BCUT2D eigenvalue weighted by Crippen LogP contribution is 2.37. The standard InChI is InChI=1S/C11H9ClIN3O4/c12-6-2-8(9(16(19)20)3-7(6)13)15-4-5(11(14)18)1-10(15)17/h2-3,5H,1,4H2,(H2,14,18). The molecule has 2 amide bonds. The summed E-state index contributed by atoms with van der Waals surface area (Å²) in [5, 5.41) is 11.4. The van der Waals surface area contributed by atoms with E-state index in [1.165, 1.54) is 17.0 Å². The zero-order chi connectivity index (χ0) is 15.0. The Kier molecular flexibility index (Phi) is 4.14. The fourth-order valence-corrected chi connectivity index (χ4v) is 2.63. The molecule has 1 aliphatic rings. The smallest absolute Gasteiger partial charge is 0.294 e. The molecule has 1 aromatic carbocycles. The number of carbonyl (C=O) groups is 2. The minimum absolute atomic E-state index is 0.0337. The van der Waals surface area contributed by atoms with E-state index in [9.17, 15) is 19.7 Å². The zero-order valence-electron chi connectivity index (χ0n) is 10.0. The van der Waals surface area contributed by atoms with Gasteiger partial charge in [-0.1, -0.05) is 11.6 Å². The van der Waals surface area contributed by atoms with Crippen molar-refractivity contribution in [2.24, 2.45) is 11.7 Å². The van der Waals surface area contributed by atoms with Crippen LogP contribution in [0.5, 0.6) is 0 Å². The molecular weight excluding hydrogens is 400 g/mol. The molecule has 2 N–H and O–H groups in total. The van der Waals surface area contributed by atoms with Crippen molar-refractivity contribution in [1.29, 1.82) is 0 Å². The molecule has 0 radical (unpaired) electrons. The number of nitrogens with zero attached hydrogens (tertiary/aromatic N) is 2. The molecule has 0 aliphatic carbocycles. The molecule has 1 saturated heterocycles. The number of benzene rings is 1. The number of carbonyl (C=O) groups excluding carboxylic acids is 2. The van der Waals surface area contributed by atoms with Gasteiger partial charge in [0, 0.05) is 22.6 Å². The van der Waals surface area contributed by atoms with Gasteiger partial charge in [0.15, 0.2) is 0 Å². The average molecular weight is 410 g/mol. The van der Waals surface area contributed by atoms with Crippen molar-refractivity contribution >= 4 is 57.4 Å². The number of nitro groups is 1. The van der Waals surface area contributed by atoms with Crippen LogP contribution in [0.4, 0.5) is 11.4 Å². The van der Waals surface area contributed by atoms with E-state index in [4.69, 9.17) is 17.3 Å². The number of hydrogen-bond acceptors (Lipinski definition) is 4. The molecule has 20 heavy (non-hydrogen) atoms. The number of amides is 2. The molecule has 9 heteroatoms. The summed E-state index contributed by atoms with van der Waals surface area (Å²) in [4.78, 5) is 34.8. The van der Waals surface area contributed by atoms with E-state index in [0.717, 1.165) is 0 Å². The van der Waals surface area contributed by atoms with Crippen LogP contribution < -0.4 is 10.6 Å². The fourth-order valence-electron chi connectivity index (χ4n) is 2.02. The van der Waals surface area contributed by atoms with Crippen molar-refractivity contribution in [3.63, 3.8) is 0 Å². The third-order valence-corrected chi connectivity index (χ3v) is 4.56. The lowest BCUT2D eigenvalue weighted by Gasteiger charge is -2.17. The lowest BCUT2D eigenvalue weighted by molar-refractivity contribution is -0.384. The Balaban J connectivity index is 2.47. The maximum atomic E-state index is 11.9. The molecule has 1 unspecified atom stereocenters. The van der Waals surface area contributed by atoms with Crippen LogP contribution in [0.1, 0.15) is 6.42 Å². The Morgan fingerprint density at radius 2 is 2.20 bits per heavy atom. The van der Waals surface area contributed by atoms with Gasteiger partial charge in [-0.25, -0.2) is 0 Å². The molecule has 1 heterocycles. The van der Waals surface area contributed by atoms with Gasteiger partial charge in [-0.3, -0.25) is 19.7 Å². The van der Waals surface area contributed by atoms with E-state index in [1.54, 1.807) is 0 Å². The molecule has 0 aromatic heterocycles. The highest BCUT2D eigenvalue weighted by Gasteiger charge is 2.37. The number of anilines is 1. The lowest BCUT2D eigenvalue weighted by atomic mass is 10.1. The molecular formula is C11H9ClIN3O4. The van der Waals surface area contributed by atoms with Crippen LogP contribution in [0, 0.1) is 19.6 Å². The van der Waals surface area contributed by atoms with Crippen molar-refractivity contribution in [3.8, 4) is 0 Å². The Morgan fingerprint density at radius 1 is 1.55 bits per heavy atom. The van der Waals surface area contributed by atoms with Gasteiger partial charge in [-0.2, -0.15) is 0 Å². The van der Waals surface area contributed by atoms with Crippen LogP contribution in [0.15, 0.2) is 12.1 Å². The number of primary amides is 1. The summed E-state index contributed by atoms with van der Waals surface area (Å²) in [6, 6.07) is 2.66. The molecule has 1 aliphatic heterocycles. The van der Waals surface area contributed by atoms with Gasteiger partial charge >= 0.3 is 0 Å². The summed E-state index contributed by atoms with van der Waals surface area (Å²) in [5.74, 6) is -1.62. The van der Waals surface area contributed by atoms with E-state index in [1.807, 2.05) is 22.6 Å². The van der Waals surface area contributed by atoms with E-state index in [2.05, 4.69) is 0 Å². The third-order valence-electron chi connectivity index (χ3n) is 3.03. The number of nitrogens with two attached hydrogens (primary N) is 1. The van der Waals surface area contributed by atoms with Gasteiger partial charge < -0.3 is 10.6 Å². The first-order chi connectivity index (χ1) is 9.31. The Labute approximate surface area is 132 Å². The van der Waals surface area contributed by atoms with Crippen molar-refractivity contribution in [3.05, 3.63) is 30.8 Å². The number of hydrogen-bond donors (Lipinski definition) is 1. The molecule has 0 saturated carbocycles. The lowest BCUT2D eigenvalue weighted by Crippen LogP contribution is -2.28. The third kappa shape index (κ3) is 2.70. The number of rotatable bonds is 3. The van der Waals surface area contributed by atoms with Gasteiger partial charge in [-0.15, -0.1) is 0 Å². The summed E-state index contributed by atoms with van der Waals surface area (Å²) >= 11 is 7.83. The minimum Gasteiger partial charge on any atom is -0.369 e. The maximum absolute atomic E-state index is 11.9. The minimum atomic E-state index is -0.639. The van der Waals surface area contributed by atoms with Gasteiger partial charge in [0.25, 0.3) is 5.69 Å². The number of nitro benzene ring substituents is 1. The van der Waals surface area contributed by atoms with Crippen molar-refractivity contribution in [1.82, 2.24) is 0 Å². The molecule has 0 bridgehead atoms. The summed E-state index contributed by atoms with van der Waals surface area (Å²) in [6.45, 7) is 0.0337. The molecule has 0 spiro atoms. The van der Waals surface area contributed by atoms with E-state index >= 15 is 0 Å². The molecule has 1 atom stereocenters. The average Bonchev–Trinajstić information content (AvgIpc) is 2.74. The van der Waals surface area contributed by atoms with Crippen LogP contribution in [-0.4, -0.2) is 23.3 Å². The van der Waals surface area contributed by atoms with Crippen LogP contribution in [-0.2, 0) is 9.59 Å². The van der Waals surface area contributed by atoms with E-state index in [-0.39, 0.29) is 30.2 Å². The molecule has 1 aromatic rings. The van der Waals surface area contributed by atoms with Crippen molar-refractivity contribution in [2.75, 3.05) is 11.4 Å². The second-order valence-electron chi connectivity index (χ2n) is 4.32. The second kappa shape index (κ2) is 5.52. The normalized spacial score (nSPS) is 18.4. The summed E-state index contributed by atoms with van der Waals surface area (Å²) in [6.07, 6.45) is -0.0455. The summed E-state index contributed by atoms with van der Waals surface area (Å²) in [7, 11) is 0. The highest BCUT2D eigenvalue weighted by molar-refractivity contribution is 14.1. The van der Waals surface area contributed by atoms with Crippen LogP contribution >= 0.6 is 34.2 Å². The van der Waals surface area contributed by atoms with E-state index < -0.39 is 16.7 Å². The predicted octanol–water partition coefficient (Wildman–Crippen LogP) is 1.69. The van der Waals surface area contributed by atoms with Gasteiger partial charge in [0.05, 0.1) is 15.9 Å². The maximum Gasteiger partial charge on any atom is 0.294 e. The molecule has 7 nitrogen and oxygen atoms in total. The predicted molar refractivity (Wildman–Crippen MR) is 80.5 cm³/mol. The SMILES string of the molecule is NC(=O)C1CC(=O)N(c2cc(Cl)c(I)cc2[N+](=O)[O-])C1. The fraction of sp³-hybridized carbons (Fsp3) is 0.273. The molecule has 1 fully saturated rings. The van der Waals surface area contributed by atoms with Crippen LogP contribution in [0.2, 0.25) is 5.02 Å². The summed E-state index contributed by atoms with van der Waals surface area (Å²) < 4.78 is 0.512. The first kappa shape index (κ1) is 15.0. The molecule has 106 valence electrons. The van der Waals surface area contributed by atoms with Crippen LogP contribution in [0.25, 0.3) is 0 Å². The second-order valence-corrected chi connectivity index (χ2v) is 5.89. The van der Waals surface area contributed by atoms with Gasteiger partial charge in [-0.05, 0) is 28.7 Å². The van der Waals surface area contributed by atoms with Gasteiger partial charge in [0.2, 0.25) is 11.8 Å². The quantitative estimate of drug-likeness (QED) is 0.466. The highest BCUT2D eigenvalue weighted by atomic mass is 127. The largest absolute Gasteiger partial charge is 0.369 e. The Morgan fingerprint density at radius 3 is 2.70 bits per heavy atom. The topological polar surface area (TPSA) is 107 Å². The molecule has 2 rings (SSSR count). The van der Waals surface area contributed by atoms with E-state index in [0.29, 0.717) is 8.59 Å². The number of halogens is 2. The summed E-state index contributed by atoms with van der Waals surface area (Å²) in [5.41, 5.74) is 5.04. The first-order valence-corrected chi connectivity index (χ1v) is 7.00. The Hall–Kier alpha value is -1.42. The first-order valence-electron chi connectivity index (χ1n) is 5.54. The van der Waals surface area contributed by atoms with Gasteiger partial charge in [0.1, 0.15) is 5.69 Å². The Bertz CT molecular complexity index is 622.